The number of carbonyl (C=O) groups is 5. The Morgan fingerprint density at radius 1 is 1.05 bits per heavy atom. The number of ketones is 1. The van der Waals surface area contributed by atoms with Gasteiger partial charge in [-0.05, 0) is 46.0 Å². The van der Waals surface area contributed by atoms with Gasteiger partial charge in [-0.15, -0.1) is 23.2 Å². The van der Waals surface area contributed by atoms with Crippen molar-refractivity contribution in [2.75, 3.05) is 6.54 Å². The molecule has 10 nitrogen and oxygen atoms in total. The number of rotatable bonds is 9. The molecule has 37 heavy (non-hydrogen) atoms. The Bertz CT molecular complexity index is 931. The molecule has 0 aromatic carbocycles. The molecule has 2 aliphatic carbocycles. The van der Waals surface area contributed by atoms with Gasteiger partial charge in [-0.2, -0.15) is 0 Å². The lowest BCUT2D eigenvalue weighted by Gasteiger charge is -2.37. The minimum absolute atomic E-state index is 0.0753. The summed E-state index contributed by atoms with van der Waals surface area (Å²) in [5, 5.41) is 8.32. The fourth-order valence-corrected chi connectivity index (χ4v) is 6.49. The molecule has 5 N–H and O–H groups in total. The third-order valence-electron chi connectivity index (χ3n) is 7.50. The number of fused-ring (bicyclic) bond motifs is 1. The number of nitrogens with two attached hydrogens (primary N) is 1. The largest absolute Gasteiger partial charge is 0.363 e. The fraction of sp³-hybridized carbons (Fsp3) is 0.800. The van der Waals surface area contributed by atoms with E-state index < -0.39 is 57.5 Å². The number of Topliss-reactive ketones (excluding diaryl/α,β-unsaturated/α-hetero) is 1. The predicted molar refractivity (Wildman–Crippen MR) is 140 cm³/mol. The van der Waals surface area contributed by atoms with Crippen LogP contribution in [-0.2, 0) is 19.2 Å². The third-order valence-corrected chi connectivity index (χ3v) is 8.56. The van der Waals surface area contributed by atoms with Crippen molar-refractivity contribution in [3.8, 4) is 0 Å². The minimum Gasteiger partial charge on any atom is -0.363 e. The van der Waals surface area contributed by atoms with E-state index in [1.54, 1.807) is 6.92 Å². The van der Waals surface area contributed by atoms with Crippen LogP contribution in [0.15, 0.2) is 0 Å². The number of carbonyl (C=O) groups excluding carboxylic acids is 5. The molecule has 208 valence electrons. The lowest BCUT2D eigenvalue weighted by atomic mass is 9.83. The summed E-state index contributed by atoms with van der Waals surface area (Å²) in [5.41, 5.74) is 4.67. The number of hydrogen-bond donors (Lipinski definition) is 4. The van der Waals surface area contributed by atoms with Gasteiger partial charge in [0.2, 0.25) is 17.6 Å². The Labute approximate surface area is 228 Å². The minimum atomic E-state index is -1.18. The molecule has 3 aliphatic rings. The molecule has 0 spiro atoms. The second-order valence-electron chi connectivity index (χ2n) is 11.5. The zero-order valence-electron chi connectivity index (χ0n) is 21.9. The number of likely N-dealkylation sites (tertiary alicyclic amines) is 1. The SMILES string of the molecule is CCC[C@H](NC(=O)[C@@H]1[C@@H]2[C@H](CN1C(=O)[C@@H](NC(=O)NC(C)(C)C)C1CCCCC1)C2(Cl)Cl)C(=O)C(N)=O. The Morgan fingerprint density at radius 3 is 2.22 bits per heavy atom. The van der Waals surface area contributed by atoms with Gasteiger partial charge >= 0.3 is 6.03 Å². The van der Waals surface area contributed by atoms with E-state index in [0.29, 0.717) is 6.42 Å². The molecule has 1 saturated heterocycles. The molecule has 1 heterocycles. The van der Waals surface area contributed by atoms with Crippen LogP contribution in [0.2, 0.25) is 0 Å². The monoisotopic (exact) mass is 559 g/mol. The van der Waals surface area contributed by atoms with Crippen LogP contribution in [0.25, 0.3) is 0 Å². The number of nitrogens with zero attached hydrogens (tertiary/aromatic N) is 1. The number of hydrogen-bond acceptors (Lipinski definition) is 5. The van der Waals surface area contributed by atoms with Gasteiger partial charge in [-0.25, -0.2) is 4.79 Å². The summed E-state index contributed by atoms with van der Waals surface area (Å²) in [4.78, 5) is 65.5. The molecule has 0 radical (unpaired) electrons. The number of halogens is 2. The molecule has 5 amide bonds. The zero-order valence-corrected chi connectivity index (χ0v) is 23.5. The Balaban J connectivity index is 1.85. The van der Waals surface area contributed by atoms with Crippen LogP contribution in [-0.4, -0.2) is 69.0 Å². The van der Waals surface area contributed by atoms with E-state index in [9.17, 15) is 24.0 Å². The van der Waals surface area contributed by atoms with Crippen molar-refractivity contribution in [1.29, 1.82) is 0 Å². The molecule has 0 aromatic rings. The first-order chi connectivity index (χ1) is 17.2. The molecule has 3 fully saturated rings. The highest BCUT2D eigenvalue weighted by atomic mass is 35.5. The van der Waals surface area contributed by atoms with Gasteiger partial charge in [0, 0.05) is 23.9 Å². The van der Waals surface area contributed by atoms with Crippen molar-refractivity contribution in [2.24, 2.45) is 23.5 Å². The highest BCUT2D eigenvalue weighted by Crippen LogP contribution is 2.65. The van der Waals surface area contributed by atoms with Crippen LogP contribution in [0.5, 0.6) is 0 Å². The highest BCUT2D eigenvalue weighted by Gasteiger charge is 2.74. The molecule has 0 unspecified atom stereocenters. The van der Waals surface area contributed by atoms with Crippen LogP contribution in [0.1, 0.15) is 72.6 Å². The quantitative estimate of drug-likeness (QED) is 0.251. The van der Waals surface area contributed by atoms with E-state index in [-0.39, 0.29) is 30.7 Å². The summed E-state index contributed by atoms with van der Waals surface area (Å²) in [6.45, 7) is 7.50. The van der Waals surface area contributed by atoms with Crippen LogP contribution < -0.4 is 21.7 Å². The van der Waals surface area contributed by atoms with Crippen molar-refractivity contribution in [3.63, 3.8) is 0 Å². The first kappa shape index (κ1) is 29.5. The number of urea groups is 1. The van der Waals surface area contributed by atoms with Crippen LogP contribution >= 0.6 is 23.2 Å². The maximum absolute atomic E-state index is 14.0. The Hall–Kier alpha value is -2.07. The molecular weight excluding hydrogens is 521 g/mol. The summed E-state index contributed by atoms with van der Waals surface area (Å²) in [6, 6.07) is -3.42. The van der Waals surface area contributed by atoms with Crippen molar-refractivity contribution < 1.29 is 24.0 Å². The van der Waals surface area contributed by atoms with Crippen molar-refractivity contribution in [1.82, 2.24) is 20.9 Å². The number of nitrogens with one attached hydrogen (secondary N) is 3. The van der Waals surface area contributed by atoms with Gasteiger partial charge in [-0.3, -0.25) is 19.2 Å². The topological polar surface area (TPSA) is 151 Å². The van der Waals surface area contributed by atoms with Gasteiger partial charge in [-0.1, -0.05) is 32.6 Å². The highest BCUT2D eigenvalue weighted by molar-refractivity contribution is 6.51. The molecule has 12 heteroatoms. The molecular formula is C25H39Cl2N5O5. The van der Waals surface area contributed by atoms with Crippen molar-refractivity contribution in [2.45, 2.75) is 101 Å². The average molecular weight is 561 g/mol. The van der Waals surface area contributed by atoms with Gasteiger partial charge in [0.1, 0.15) is 16.4 Å². The lowest BCUT2D eigenvalue weighted by Crippen LogP contribution is -2.61. The van der Waals surface area contributed by atoms with Crippen molar-refractivity contribution in [3.05, 3.63) is 0 Å². The molecule has 3 rings (SSSR count). The van der Waals surface area contributed by atoms with Gasteiger partial charge in [0.25, 0.3) is 5.91 Å². The number of primary amides is 1. The standard InChI is InChI=1S/C25H39Cl2N5O5/c1-5-9-15(19(33)20(28)34)29-21(35)18-16-14(25(16,26)27)12-32(18)22(36)17(13-10-7-6-8-11-13)30-23(37)31-24(2,3)4/h13-18H,5-12H2,1-4H3,(H2,28,34)(H,29,35)(H2,30,31,37)/t14-,15-,16-,17-,18-/m0/s1. The van der Waals surface area contributed by atoms with E-state index in [1.165, 1.54) is 4.90 Å². The maximum Gasteiger partial charge on any atom is 0.315 e. The predicted octanol–water partition coefficient (Wildman–Crippen LogP) is 2.00. The summed E-state index contributed by atoms with van der Waals surface area (Å²) in [7, 11) is 0. The second kappa shape index (κ2) is 11.4. The Kier molecular flexibility index (Phi) is 9.05. The second-order valence-corrected chi connectivity index (χ2v) is 13.0. The van der Waals surface area contributed by atoms with Crippen LogP contribution in [0.4, 0.5) is 4.79 Å². The van der Waals surface area contributed by atoms with Gasteiger partial charge in [0.15, 0.2) is 0 Å². The molecule has 1 aliphatic heterocycles. The van der Waals surface area contributed by atoms with E-state index in [1.807, 2.05) is 20.8 Å². The van der Waals surface area contributed by atoms with Gasteiger partial charge in [0.05, 0.1) is 6.04 Å². The average Bonchev–Trinajstić information content (AvgIpc) is 3.14. The first-order valence-electron chi connectivity index (χ1n) is 13.1. The molecule has 0 aromatic heterocycles. The summed E-state index contributed by atoms with van der Waals surface area (Å²) in [5.74, 6) is -3.95. The van der Waals surface area contributed by atoms with E-state index in [4.69, 9.17) is 28.9 Å². The fourth-order valence-electron chi connectivity index (χ4n) is 5.66. The zero-order chi connectivity index (χ0) is 27.7. The smallest absolute Gasteiger partial charge is 0.315 e. The molecule has 5 atom stereocenters. The lowest BCUT2D eigenvalue weighted by molar-refractivity contribution is -0.144. The number of alkyl halides is 2. The Morgan fingerprint density at radius 2 is 1.68 bits per heavy atom. The summed E-state index contributed by atoms with van der Waals surface area (Å²) < 4.78 is -1.18. The van der Waals surface area contributed by atoms with Crippen LogP contribution in [0, 0.1) is 17.8 Å². The number of piperidine rings is 1. The third kappa shape index (κ3) is 6.69. The van der Waals surface area contributed by atoms with Crippen molar-refractivity contribution >= 4 is 52.7 Å². The van der Waals surface area contributed by atoms with E-state index >= 15 is 0 Å². The van der Waals surface area contributed by atoms with E-state index in [2.05, 4.69) is 16.0 Å². The van der Waals surface area contributed by atoms with Gasteiger partial charge < -0.3 is 26.6 Å². The normalized spacial score (nSPS) is 26.4. The summed E-state index contributed by atoms with van der Waals surface area (Å²) >= 11 is 12.9. The van der Waals surface area contributed by atoms with Crippen LogP contribution in [0.3, 0.4) is 0 Å². The molecule has 0 bridgehead atoms. The first-order valence-corrected chi connectivity index (χ1v) is 13.9. The van der Waals surface area contributed by atoms with E-state index in [0.717, 1.165) is 32.1 Å². The molecule has 2 saturated carbocycles. The summed E-state index contributed by atoms with van der Waals surface area (Å²) in [6.07, 6.45) is 5.27. The number of amides is 5. The maximum atomic E-state index is 14.0.